The first-order valence-electron chi connectivity index (χ1n) is 10.4. The minimum Gasteiger partial charge on any atom is -0.338 e. The maximum atomic E-state index is 13.5. The summed E-state index contributed by atoms with van der Waals surface area (Å²) in [4.78, 5) is 28.5. The molecule has 0 spiro atoms. The number of fused-ring (bicyclic) bond motifs is 1. The Bertz CT molecular complexity index is 1430. The van der Waals surface area contributed by atoms with Crippen LogP contribution in [0.15, 0.2) is 88.1 Å². The molecule has 0 bridgehead atoms. The zero-order valence-corrected chi connectivity index (χ0v) is 20.0. The molecule has 2 aromatic heterocycles. The van der Waals surface area contributed by atoms with Gasteiger partial charge in [-0.3, -0.25) is 9.78 Å². The van der Waals surface area contributed by atoms with Crippen molar-refractivity contribution in [3.63, 3.8) is 0 Å². The Morgan fingerprint density at radius 2 is 1.85 bits per heavy atom. The van der Waals surface area contributed by atoms with Gasteiger partial charge in [0.15, 0.2) is 5.69 Å². The standard InChI is InChI=1S/C25H19FN5OS2/c1-16-12-17(13-23-30(2)20-10-6-7-11-21(20)33-23)28-25(31(16)18-8-4-3-5-9-18)34-24(32)19-14-27-15-22(26)29-19/h3-15H,1-2H3/q+1. The van der Waals surface area contributed by atoms with E-state index in [1.165, 1.54) is 11.1 Å². The molecule has 1 aliphatic heterocycles. The van der Waals surface area contributed by atoms with E-state index >= 15 is 0 Å². The first-order chi connectivity index (χ1) is 16.5. The Kier molecular flexibility index (Phi) is 6.12. The molecule has 0 N–H and O–H groups in total. The Hall–Kier alpha value is -3.56. The van der Waals surface area contributed by atoms with Crippen molar-refractivity contribution < 1.29 is 13.8 Å². The van der Waals surface area contributed by atoms with Crippen LogP contribution in [0.5, 0.6) is 0 Å². The number of carbonyl (C=O) groups excluding carboxylic acids is 1. The summed E-state index contributed by atoms with van der Waals surface area (Å²) >= 11 is 2.57. The molecule has 3 heterocycles. The molecule has 0 radical (unpaired) electrons. The van der Waals surface area contributed by atoms with Crippen LogP contribution in [-0.4, -0.2) is 27.1 Å². The van der Waals surface area contributed by atoms with Gasteiger partial charge in [0.05, 0.1) is 23.1 Å². The van der Waals surface area contributed by atoms with Crippen LogP contribution in [0.1, 0.15) is 21.9 Å². The lowest BCUT2D eigenvalue weighted by Crippen LogP contribution is -2.38. The number of rotatable bonds is 4. The van der Waals surface area contributed by atoms with Crippen LogP contribution >= 0.6 is 23.5 Å². The summed E-state index contributed by atoms with van der Waals surface area (Å²) in [6.45, 7) is 1.97. The Morgan fingerprint density at radius 3 is 2.62 bits per heavy atom. The minimum atomic E-state index is -0.800. The largest absolute Gasteiger partial charge is 0.373 e. The Labute approximate surface area is 204 Å². The molecule has 6 nitrogen and oxygen atoms in total. The highest BCUT2D eigenvalue weighted by molar-refractivity contribution is 8.13. The predicted molar refractivity (Wildman–Crippen MR) is 131 cm³/mol. The van der Waals surface area contributed by atoms with Gasteiger partial charge in [-0.15, -0.1) is 0 Å². The van der Waals surface area contributed by atoms with Crippen LogP contribution < -0.4 is 9.47 Å². The van der Waals surface area contributed by atoms with Gasteiger partial charge in [0.25, 0.3) is 5.12 Å². The summed E-state index contributed by atoms with van der Waals surface area (Å²) in [6, 6.07) is 19.8. The second-order valence-electron chi connectivity index (χ2n) is 7.50. The van der Waals surface area contributed by atoms with E-state index < -0.39 is 11.1 Å². The average Bonchev–Trinajstić information content (AvgIpc) is 3.14. The molecule has 168 valence electrons. The van der Waals surface area contributed by atoms with E-state index in [9.17, 15) is 9.18 Å². The van der Waals surface area contributed by atoms with Gasteiger partial charge in [0.2, 0.25) is 5.95 Å². The number of carbonyl (C=O) groups is 1. The van der Waals surface area contributed by atoms with Crippen LogP contribution in [0, 0.1) is 12.9 Å². The first kappa shape index (κ1) is 22.2. The number of aryl methyl sites for hydroxylation is 1. The molecule has 4 aromatic rings. The topological polar surface area (TPSA) is 62.9 Å². The smallest absolute Gasteiger partial charge is 0.338 e. The van der Waals surface area contributed by atoms with Crippen LogP contribution in [0.3, 0.4) is 0 Å². The molecule has 34 heavy (non-hydrogen) atoms. The second-order valence-corrected chi connectivity index (χ2v) is 9.51. The van der Waals surface area contributed by atoms with Crippen LogP contribution in [0.4, 0.5) is 10.1 Å². The molecule has 1 aliphatic rings. The molecule has 0 aliphatic carbocycles. The third kappa shape index (κ3) is 4.44. The summed E-state index contributed by atoms with van der Waals surface area (Å²) in [7, 11) is 2.02. The van der Waals surface area contributed by atoms with E-state index in [0.29, 0.717) is 10.9 Å². The van der Waals surface area contributed by atoms with Gasteiger partial charge < -0.3 is 4.90 Å². The van der Waals surface area contributed by atoms with Crippen molar-refractivity contribution in [1.29, 1.82) is 0 Å². The van der Waals surface area contributed by atoms with Crippen molar-refractivity contribution in [1.82, 2.24) is 15.0 Å². The van der Waals surface area contributed by atoms with E-state index in [2.05, 4.69) is 27.0 Å². The third-order valence-electron chi connectivity index (χ3n) is 5.18. The number of hydrogen-bond acceptors (Lipinski definition) is 7. The normalized spacial score (nSPS) is 13.9. The predicted octanol–water partition coefficient (Wildman–Crippen LogP) is 5.07. The lowest BCUT2D eigenvalue weighted by molar-refractivity contribution is -0.647. The molecule has 0 fully saturated rings. The number of halogens is 1. The number of nitrogens with zero attached hydrogens (tertiary/aromatic N) is 5. The summed E-state index contributed by atoms with van der Waals surface area (Å²) in [5, 5.41) is 1.05. The maximum Gasteiger partial charge on any atom is 0.373 e. The van der Waals surface area contributed by atoms with Gasteiger partial charge >= 0.3 is 5.16 Å². The first-order valence-corrected chi connectivity index (χ1v) is 12.0. The number of anilines is 1. The van der Waals surface area contributed by atoms with Crippen molar-refractivity contribution in [2.24, 2.45) is 0 Å². The number of para-hydroxylation sites is 2. The molecule has 5 rings (SSSR count). The number of hydrogen-bond donors (Lipinski definition) is 0. The summed E-state index contributed by atoms with van der Waals surface area (Å²) in [5.74, 6) is -0.800. The van der Waals surface area contributed by atoms with Gasteiger partial charge in [0, 0.05) is 35.8 Å². The molecule has 0 atom stereocenters. The summed E-state index contributed by atoms with van der Waals surface area (Å²) in [6.07, 6.45) is 4.23. The Morgan fingerprint density at radius 1 is 1.09 bits per heavy atom. The lowest BCUT2D eigenvalue weighted by Gasteiger charge is -2.13. The van der Waals surface area contributed by atoms with Crippen molar-refractivity contribution in [2.75, 3.05) is 11.9 Å². The fourth-order valence-electron chi connectivity index (χ4n) is 3.60. The van der Waals surface area contributed by atoms with E-state index in [1.807, 2.05) is 73.1 Å². The Balaban J connectivity index is 1.56. The molecule has 0 saturated carbocycles. The van der Waals surface area contributed by atoms with E-state index in [-0.39, 0.29) is 5.69 Å². The van der Waals surface area contributed by atoms with Crippen molar-refractivity contribution in [2.45, 2.75) is 17.0 Å². The zero-order chi connectivity index (χ0) is 23.7. The number of thioether (sulfide) groups is 2. The molecular formula is C25H19FN5OS2+. The fraction of sp³-hybridized carbons (Fsp3) is 0.0800. The molecule has 0 saturated heterocycles. The van der Waals surface area contributed by atoms with Crippen molar-refractivity contribution in [3.8, 4) is 5.69 Å². The highest BCUT2D eigenvalue weighted by Crippen LogP contribution is 2.45. The van der Waals surface area contributed by atoms with E-state index in [0.717, 1.165) is 40.1 Å². The quantitative estimate of drug-likeness (QED) is 0.226. The third-order valence-corrected chi connectivity index (χ3v) is 7.20. The summed E-state index contributed by atoms with van der Waals surface area (Å²) < 4.78 is 15.4. The van der Waals surface area contributed by atoms with Gasteiger partial charge in [-0.25, -0.2) is 4.98 Å². The molecule has 9 heteroatoms. The molecular weight excluding hydrogens is 469 g/mol. The fourth-order valence-corrected chi connectivity index (χ4v) is 5.56. The highest BCUT2D eigenvalue weighted by Gasteiger charge is 2.27. The van der Waals surface area contributed by atoms with Gasteiger partial charge in [-0.05, 0) is 36.2 Å². The van der Waals surface area contributed by atoms with Gasteiger partial charge in [0.1, 0.15) is 17.1 Å². The second kappa shape index (κ2) is 9.36. The monoisotopic (exact) mass is 488 g/mol. The molecule has 0 amide bonds. The number of benzene rings is 2. The molecule has 2 aromatic carbocycles. The summed E-state index contributed by atoms with van der Waals surface area (Å²) in [5.41, 5.74) is 3.56. The van der Waals surface area contributed by atoms with Crippen LogP contribution in [0.2, 0.25) is 0 Å². The van der Waals surface area contributed by atoms with Crippen molar-refractivity contribution in [3.05, 3.63) is 101 Å². The minimum absolute atomic E-state index is 0.0608. The highest BCUT2D eigenvalue weighted by atomic mass is 32.2. The van der Waals surface area contributed by atoms with Crippen LogP contribution in [-0.2, 0) is 0 Å². The molecule has 0 unspecified atom stereocenters. The SMILES string of the molecule is Cc1cc(/C=C2\Sc3ccccc3N2C)nc(SC(=O)c2cncc(F)n2)[n+]1-c1ccccc1. The van der Waals surface area contributed by atoms with E-state index in [4.69, 9.17) is 4.98 Å². The van der Waals surface area contributed by atoms with Gasteiger partial charge in [-0.1, -0.05) is 42.1 Å². The van der Waals surface area contributed by atoms with Gasteiger partial charge in [-0.2, -0.15) is 8.96 Å². The van der Waals surface area contributed by atoms with Crippen LogP contribution in [0.25, 0.3) is 11.8 Å². The maximum absolute atomic E-state index is 13.5. The number of aromatic nitrogens is 4. The average molecular weight is 489 g/mol. The zero-order valence-electron chi connectivity index (χ0n) is 18.3. The van der Waals surface area contributed by atoms with E-state index in [1.54, 1.807) is 11.8 Å². The lowest BCUT2D eigenvalue weighted by atomic mass is 10.2. The van der Waals surface area contributed by atoms with Crippen molar-refractivity contribution >= 4 is 40.4 Å².